The number of hydrogen-bond acceptors (Lipinski definition) is 6. The van der Waals surface area contributed by atoms with Gasteiger partial charge in [-0.3, -0.25) is 10.1 Å². The van der Waals surface area contributed by atoms with Crippen molar-refractivity contribution in [3.05, 3.63) is 40.0 Å². The van der Waals surface area contributed by atoms with Gasteiger partial charge in [-0.25, -0.2) is 4.79 Å². The molecule has 114 valence electrons. The number of nitro benzene ring substituents is 1. The van der Waals surface area contributed by atoms with Crippen molar-refractivity contribution >= 4 is 17.7 Å². The average molecular weight is 295 g/mol. The fraction of sp³-hybridized carbons (Fsp3) is 0.357. The molecule has 0 radical (unpaired) electrons. The minimum absolute atomic E-state index is 0.148. The largest absolute Gasteiger partial charge is 0.491 e. The molecule has 0 aliphatic rings. The van der Waals surface area contributed by atoms with Gasteiger partial charge < -0.3 is 14.2 Å². The van der Waals surface area contributed by atoms with Crippen LogP contribution in [0.15, 0.2) is 24.3 Å². The molecule has 0 aliphatic heterocycles. The summed E-state index contributed by atoms with van der Waals surface area (Å²) in [5, 5.41) is 11.0. The third-order valence-corrected chi connectivity index (χ3v) is 2.44. The number of nitro groups is 1. The van der Waals surface area contributed by atoms with Crippen LogP contribution in [0.4, 0.5) is 5.69 Å². The van der Waals surface area contributed by atoms with E-state index in [0.717, 1.165) is 6.08 Å². The fourth-order valence-electron chi connectivity index (χ4n) is 1.50. The van der Waals surface area contributed by atoms with Crippen molar-refractivity contribution in [1.29, 1.82) is 0 Å². The van der Waals surface area contributed by atoms with Crippen LogP contribution >= 0.6 is 0 Å². The van der Waals surface area contributed by atoms with E-state index in [4.69, 9.17) is 14.2 Å². The molecule has 0 saturated heterocycles. The molecule has 0 amide bonds. The van der Waals surface area contributed by atoms with Crippen LogP contribution in [-0.2, 0) is 14.3 Å². The van der Waals surface area contributed by atoms with Gasteiger partial charge in [0.2, 0.25) is 0 Å². The molecular weight excluding hydrogens is 278 g/mol. The Morgan fingerprint density at radius 1 is 1.38 bits per heavy atom. The summed E-state index contributed by atoms with van der Waals surface area (Å²) in [7, 11) is 1.54. The van der Waals surface area contributed by atoms with Gasteiger partial charge in [0, 0.05) is 13.2 Å². The van der Waals surface area contributed by atoms with E-state index in [0.29, 0.717) is 24.5 Å². The highest BCUT2D eigenvalue weighted by atomic mass is 16.6. The minimum atomic E-state index is -0.549. The maximum Gasteiger partial charge on any atom is 0.330 e. The van der Waals surface area contributed by atoms with Crippen molar-refractivity contribution in [2.24, 2.45) is 0 Å². The molecule has 0 unspecified atom stereocenters. The summed E-state index contributed by atoms with van der Waals surface area (Å²) in [5.41, 5.74) is 0.151. The first-order valence-electron chi connectivity index (χ1n) is 6.33. The second-order valence-electron chi connectivity index (χ2n) is 3.90. The molecule has 0 spiro atoms. The van der Waals surface area contributed by atoms with Gasteiger partial charge in [-0.1, -0.05) is 0 Å². The van der Waals surface area contributed by atoms with Crippen LogP contribution in [0.3, 0.4) is 0 Å². The normalized spacial score (nSPS) is 10.6. The molecule has 0 saturated carbocycles. The standard InChI is InChI=1S/C14H17NO6/c1-3-20-14(16)7-5-11-4-6-12(21-9-8-19-2)10-13(11)15(17)18/h4-7,10H,3,8-9H2,1-2H3/b7-5+. The molecule has 21 heavy (non-hydrogen) atoms. The Kier molecular flexibility index (Phi) is 6.90. The first-order chi connectivity index (χ1) is 10.1. The Morgan fingerprint density at radius 3 is 2.76 bits per heavy atom. The van der Waals surface area contributed by atoms with Crippen LogP contribution in [0.2, 0.25) is 0 Å². The average Bonchev–Trinajstić information content (AvgIpc) is 2.46. The number of methoxy groups -OCH3 is 1. The van der Waals surface area contributed by atoms with E-state index in [1.54, 1.807) is 13.0 Å². The molecule has 0 N–H and O–H groups in total. The van der Waals surface area contributed by atoms with Gasteiger partial charge in [-0.15, -0.1) is 0 Å². The van der Waals surface area contributed by atoms with Crippen LogP contribution in [0.5, 0.6) is 5.75 Å². The third kappa shape index (κ3) is 5.62. The number of nitrogens with zero attached hydrogens (tertiary/aromatic N) is 1. The van der Waals surface area contributed by atoms with Crippen molar-refractivity contribution in [3.63, 3.8) is 0 Å². The van der Waals surface area contributed by atoms with Crippen LogP contribution in [-0.4, -0.2) is 37.8 Å². The van der Waals surface area contributed by atoms with E-state index in [9.17, 15) is 14.9 Å². The highest BCUT2D eigenvalue weighted by molar-refractivity contribution is 5.88. The topological polar surface area (TPSA) is 87.9 Å². The lowest BCUT2D eigenvalue weighted by atomic mass is 10.1. The summed E-state index contributed by atoms with van der Waals surface area (Å²) in [6.07, 6.45) is 2.49. The lowest BCUT2D eigenvalue weighted by Gasteiger charge is -2.06. The second-order valence-corrected chi connectivity index (χ2v) is 3.90. The molecule has 0 aromatic heterocycles. The van der Waals surface area contributed by atoms with E-state index >= 15 is 0 Å². The Balaban J connectivity index is 2.89. The number of benzene rings is 1. The first kappa shape index (κ1) is 16.6. The Labute approximate surface area is 122 Å². The molecular formula is C14H17NO6. The summed E-state index contributed by atoms with van der Waals surface area (Å²) < 4.78 is 14.9. The fourth-order valence-corrected chi connectivity index (χ4v) is 1.50. The highest BCUT2D eigenvalue weighted by Gasteiger charge is 2.13. The van der Waals surface area contributed by atoms with Crippen LogP contribution < -0.4 is 4.74 Å². The Morgan fingerprint density at radius 2 is 2.14 bits per heavy atom. The zero-order chi connectivity index (χ0) is 15.7. The maximum absolute atomic E-state index is 11.2. The van der Waals surface area contributed by atoms with Gasteiger partial charge in [0.15, 0.2) is 0 Å². The SMILES string of the molecule is CCOC(=O)/C=C/c1ccc(OCCOC)cc1[N+](=O)[O-]. The predicted octanol–water partition coefficient (Wildman–Crippen LogP) is 2.20. The Bertz CT molecular complexity index is 526. The number of carbonyl (C=O) groups excluding carboxylic acids is 1. The van der Waals surface area contributed by atoms with E-state index in [1.807, 2.05) is 0 Å². The molecule has 0 fully saturated rings. The van der Waals surface area contributed by atoms with Gasteiger partial charge >= 0.3 is 5.97 Å². The van der Waals surface area contributed by atoms with E-state index in [1.165, 1.54) is 25.3 Å². The monoisotopic (exact) mass is 295 g/mol. The molecule has 0 bridgehead atoms. The van der Waals surface area contributed by atoms with Gasteiger partial charge in [-0.2, -0.15) is 0 Å². The predicted molar refractivity (Wildman–Crippen MR) is 76.1 cm³/mol. The van der Waals surface area contributed by atoms with Gasteiger partial charge in [0.05, 0.1) is 29.8 Å². The zero-order valence-electron chi connectivity index (χ0n) is 11.9. The molecule has 7 heteroatoms. The summed E-state index contributed by atoms with van der Waals surface area (Å²) in [6.45, 7) is 2.61. The van der Waals surface area contributed by atoms with Crippen LogP contribution in [0.1, 0.15) is 12.5 Å². The number of hydrogen-bond donors (Lipinski definition) is 0. The van der Waals surface area contributed by atoms with Crippen molar-refractivity contribution in [3.8, 4) is 5.75 Å². The lowest BCUT2D eigenvalue weighted by Crippen LogP contribution is -2.04. The quantitative estimate of drug-likeness (QED) is 0.240. The van der Waals surface area contributed by atoms with Gasteiger partial charge in [0.1, 0.15) is 12.4 Å². The maximum atomic E-state index is 11.2. The molecule has 1 aromatic carbocycles. The number of esters is 1. The molecule has 7 nitrogen and oxygen atoms in total. The summed E-state index contributed by atoms with van der Waals surface area (Å²) in [4.78, 5) is 21.7. The number of rotatable bonds is 8. The van der Waals surface area contributed by atoms with Crippen LogP contribution in [0, 0.1) is 10.1 Å². The third-order valence-electron chi connectivity index (χ3n) is 2.44. The molecule has 1 rings (SSSR count). The van der Waals surface area contributed by atoms with Gasteiger partial charge in [0.25, 0.3) is 5.69 Å². The molecule has 0 aliphatic carbocycles. The molecule has 0 atom stereocenters. The molecule has 1 aromatic rings. The lowest BCUT2D eigenvalue weighted by molar-refractivity contribution is -0.385. The first-order valence-corrected chi connectivity index (χ1v) is 6.33. The van der Waals surface area contributed by atoms with Crippen molar-refractivity contribution in [2.45, 2.75) is 6.92 Å². The zero-order valence-corrected chi connectivity index (χ0v) is 11.9. The molecule has 0 heterocycles. The number of ether oxygens (including phenoxy) is 3. The second kappa shape index (κ2) is 8.70. The number of carbonyl (C=O) groups is 1. The summed E-state index contributed by atoms with van der Waals surface area (Å²) in [5.74, 6) is -0.181. The smallest absolute Gasteiger partial charge is 0.330 e. The Hall–Kier alpha value is -2.41. The van der Waals surface area contributed by atoms with Crippen molar-refractivity contribution in [1.82, 2.24) is 0 Å². The van der Waals surface area contributed by atoms with E-state index in [-0.39, 0.29) is 12.3 Å². The van der Waals surface area contributed by atoms with Crippen molar-refractivity contribution < 1.29 is 23.9 Å². The minimum Gasteiger partial charge on any atom is -0.491 e. The highest BCUT2D eigenvalue weighted by Crippen LogP contribution is 2.25. The van der Waals surface area contributed by atoms with Crippen molar-refractivity contribution in [2.75, 3.05) is 26.9 Å². The summed E-state index contributed by atoms with van der Waals surface area (Å²) in [6, 6.07) is 4.41. The van der Waals surface area contributed by atoms with E-state index in [2.05, 4.69) is 0 Å². The summed E-state index contributed by atoms with van der Waals surface area (Å²) >= 11 is 0. The van der Waals surface area contributed by atoms with Crippen LogP contribution in [0.25, 0.3) is 6.08 Å². The van der Waals surface area contributed by atoms with E-state index < -0.39 is 10.9 Å². The van der Waals surface area contributed by atoms with Gasteiger partial charge in [-0.05, 0) is 25.1 Å².